The molecule has 0 aromatic rings. The third-order valence-corrected chi connectivity index (χ3v) is 13.5. The molecule has 0 unspecified atom stereocenters. The number of Topliss-reactive ketones (excluding diaryl/α,β-unsaturated/α-hetero) is 1. The predicted molar refractivity (Wildman–Crippen MR) is 98.6 cm³/mol. The van der Waals surface area contributed by atoms with Crippen LogP contribution in [0.4, 0.5) is 0 Å². The summed E-state index contributed by atoms with van der Waals surface area (Å²) in [4.78, 5) is 13.0. The van der Waals surface area contributed by atoms with Gasteiger partial charge >= 0.3 is 0 Å². The lowest BCUT2D eigenvalue weighted by Gasteiger charge is -2.45. The maximum Gasteiger partial charge on any atom is 0.140 e. The van der Waals surface area contributed by atoms with E-state index in [4.69, 9.17) is 0 Å². The molecule has 126 valence electrons. The third kappa shape index (κ3) is 2.46. The number of rotatable bonds is 2. The van der Waals surface area contributed by atoms with Gasteiger partial charge < -0.3 is 0 Å². The van der Waals surface area contributed by atoms with Gasteiger partial charge in [0.05, 0.1) is 8.07 Å². The second-order valence-electron chi connectivity index (χ2n) is 9.97. The number of carbonyl (C=O) groups excluding carboxylic acids is 1. The Bertz CT molecular complexity index is 494. The summed E-state index contributed by atoms with van der Waals surface area (Å²) < 4.78 is 0. The molecule has 0 heterocycles. The molecule has 1 nitrogen and oxygen atoms in total. The normalized spacial score (nSPS) is 36.5. The minimum absolute atomic E-state index is 0.129. The molecule has 22 heavy (non-hydrogen) atoms. The number of hydrogen-bond acceptors (Lipinski definition) is 1. The van der Waals surface area contributed by atoms with Crippen LogP contribution in [0.25, 0.3) is 0 Å². The van der Waals surface area contributed by atoms with Crippen LogP contribution in [0.3, 0.4) is 0 Å². The van der Waals surface area contributed by atoms with Crippen molar-refractivity contribution < 1.29 is 4.79 Å². The number of fused-ring (bicyclic) bond motifs is 1. The molecule has 0 spiro atoms. The highest BCUT2D eigenvalue weighted by Crippen LogP contribution is 2.58. The fraction of sp³-hybridized carbons (Fsp3) is 0.850. The van der Waals surface area contributed by atoms with Crippen molar-refractivity contribution >= 4 is 13.9 Å². The average Bonchev–Trinajstić information content (AvgIpc) is 2.63. The van der Waals surface area contributed by atoms with Gasteiger partial charge in [-0.15, -0.1) is 0 Å². The van der Waals surface area contributed by atoms with E-state index in [1.807, 2.05) is 0 Å². The molecule has 0 radical (unpaired) electrons. The van der Waals surface area contributed by atoms with Gasteiger partial charge in [-0.05, 0) is 35.1 Å². The van der Waals surface area contributed by atoms with E-state index < -0.39 is 8.07 Å². The van der Waals surface area contributed by atoms with E-state index in [1.54, 1.807) is 5.20 Å². The van der Waals surface area contributed by atoms with Crippen LogP contribution < -0.4 is 0 Å². The first-order valence-electron chi connectivity index (χ1n) is 9.09. The Kier molecular flexibility index (Phi) is 4.35. The van der Waals surface area contributed by atoms with Crippen LogP contribution in [0.5, 0.6) is 0 Å². The topological polar surface area (TPSA) is 17.1 Å². The molecular weight excluding hydrogens is 284 g/mol. The van der Waals surface area contributed by atoms with E-state index in [0.717, 1.165) is 6.42 Å². The average molecular weight is 321 g/mol. The monoisotopic (exact) mass is 320 g/mol. The Morgan fingerprint density at radius 1 is 1.27 bits per heavy atom. The number of carbonyl (C=O) groups is 1. The highest BCUT2D eigenvalue weighted by Gasteiger charge is 2.57. The van der Waals surface area contributed by atoms with Gasteiger partial charge in [0, 0.05) is 11.8 Å². The first kappa shape index (κ1) is 18.0. The molecule has 0 aliphatic heterocycles. The summed E-state index contributed by atoms with van der Waals surface area (Å²) in [5, 5.41) is 2.00. The van der Waals surface area contributed by atoms with Crippen LogP contribution in [-0.4, -0.2) is 13.9 Å². The van der Waals surface area contributed by atoms with Crippen LogP contribution in [0.2, 0.25) is 18.1 Å². The summed E-state index contributed by atoms with van der Waals surface area (Å²) >= 11 is 0. The fourth-order valence-corrected chi connectivity index (χ4v) is 7.36. The van der Waals surface area contributed by atoms with Gasteiger partial charge in [-0.2, -0.15) is 0 Å². The maximum absolute atomic E-state index is 13.0. The number of ketones is 1. The summed E-state index contributed by atoms with van der Waals surface area (Å²) in [5.74, 6) is 2.63. The number of hydrogen-bond donors (Lipinski definition) is 0. The summed E-state index contributed by atoms with van der Waals surface area (Å²) in [5.41, 5.74) is -0.129. The van der Waals surface area contributed by atoms with Crippen molar-refractivity contribution in [2.75, 3.05) is 0 Å². The molecule has 1 saturated carbocycles. The zero-order valence-electron chi connectivity index (χ0n) is 16.2. The first-order chi connectivity index (χ1) is 9.83. The van der Waals surface area contributed by atoms with Gasteiger partial charge in [-0.3, -0.25) is 4.79 Å². The molecule has 2 rings (SSSR count). The zero-order valence-corrected chi connectivity index (χ0v) is 17.2. The molecule has 0 saturated heterocycles. The molecule has 4 atom stereocenters. The van der Waals surface area contributed by atoms with Crippen molar-refractivity contribution in [3.63, 3.8) is 0 Å². The van der Waals surface area contributed by atoms with E-state index in [0.29, 0.717) is 34.5 Å². The molecule has 2 heteroatoms. The van der Waals surface area contributed by atoms with E-state index in [9.17, 15) is 4.79 Å². The van der Waals surface area contributed by atoms with Gasteiger partial charge in [0.25, 0.3) is 0 Å². The van der Waals surface area contributed by atoms with Crippen LogP contribution in [0, 0.1) is 29.1 Å². The SMILES string of the molecule is CC(C)[C@H]1CC(=O)[C@@]2(C)[C@H](C=C([Si](C)(C)C(C)(C)C)[C@@H]2C)C1. The molecule has 2 aliphatic carbocycles. The Morgan fingerprint density at radius 3 is 2.27 bits per heavy atom. The summed E-state index contributed by atoms with van der Waals surface area (Å²) in [6.45, 7) is 21.3. The van der Waals surface area contributed by atoms with Gasteiger partial charge in [-0.25, -0.2) is 0 Å². The van der Waals surface area contributed by atoms with Crippen molar-refractivity contribution in [3.05, 3.63) is 11.3 Å². The van der Waals surface area contributed by atoms with Gasteiger partial charge in [0.2, 0.25) is 0 Å². The van der Waals surface area contributed by atoms with E-state index >= 15 is 0 Å². The van der Waals surface area contributed by atoms with Gasteiger partial charge in [0.1, 0.15) is 5.78 Å². The molecule has 2 aliphatic rings. The second kappa shape index (κ2) is 5.33. The standard InChI is InChI=1S/C20H36OSi/c1-13(2)15-10-16-12-17(22(8,9)19(4,5)6)14(3)20(16,7)18(21)11-15/h12-16H,10-11H2,1-9H3/t14-,15+,16-,20+/m0/s1. The van der Waals surface area contributed by atoms with E-state index in [2.05, 4.69) is 67.6 Å². The van der Waals surface area contributed by atoms with Crippen LogP contribution in [0.15, 0.2) is 11.3 Å². The van der Waals surface area contributed by atoms with Gasteiger partial charge in [-0.1, -0.05) is 72.8 Å². The zero-order chi connectivity index (χ0) is 17.1. The van der Waals surface area contributed by atoms with Crippen molar-refractivity contribution in [3.8, 4) is 0 Å². The molecule has 0 amide bonds. The predicted octanol–water partition coefficient (Wildman–Crippen LogP) is 5.87. The largest absolute Gasteiger partial charge is 0.299 e. The third-order valence-electron chi connectivity index (χ3n) is 7.66. The lowest BCUT2D eigenvalue weighted by Crippen LogP contribution is -2.47. The lowest BCUT2D eigenvalue weighted by molar-refractivity contribution is -0.137. The summed E-state index contributed by atoms with van der Waals surface area (Å²) in [6.07, 6.45) is 4.57. The van der Waals surface area contributed by atoms with Crippen molar-refractivity contribution in [1.29, 1.82) is 0 Å². The summed E-state index contributed by atoms with van der Waals surface area (Å²) in [7, 11) is -1.54. The Balaban J connectivity index is 2.42. The lowest BCUT2D eigenvalue weighted by atomic mass is 9.60. The molecule has 1 fully saturated rings. The molecule has 0 bridgehead atoms. The van der Waals surface area contributed by atoms with Crippen LogP contribution in [0.1, 0.15) is 61.3 Å². The van der Waals surface area contributed by atoms with Crippen molar-refractivity contribution in [2.24, 2.45) is 29.1 Å². The van der Waals surface area contributed by atoms with Crippen molar-refractivity contribution in [2.45, 2.75) is 79.4 Å². The Hall–Kier alpha value is -0.373. The second-order valence-corrected chi connectivity index (χ2v) is 15.3. The van der Waals surface area contributed by atoms with Crippen LogP contribution in [-0.2, 0) is 4.79 Å². The Labute approximate surface area is 139 Å². The molecular formula is C20H36OSi. The van der Waals surface area contributed by atoms with E-state index in [-0.39, 0.29) is 5.41 Å². The minimum atomic E-state index is -1.54. The van der Waals surface area contributed by atoms with Crippen LogP contribution >= 0.6 is 0 Å². The fourth-order valence-electron chi connectivity index (χ4n) is 4.50. The molecule has 0 aromatic carbocycles. The smallest absolute Gasteiger partial charge is 0.140 e. The first-order valence-corrected chi connectivity index (χ1v) is 12.1. The quantitative estimate of drug-likeness (QED) is 0.582. The Morgan fingerprint density at radius 2 is 1.82 bits per heavy atom. The highest BCUT2D eigenvalue weighted by molar-refractivity contribution is 6.87. The highest BCUT2D eigenvalue weighted by atomic mass is 28.3. The minimum Gasteiger partial charge on any atom is -0.299 e. The summed E-state index contributed by atoms with van der Waals surface area (Å²) in [6, 6.07) is 0. The van der Waals surface area contributed by atoms with E-state index in [1.165, 1.54) is 6.42 Å². The van der Waals surface area contributed by atoms with Gasteiger partial charge in [0.15, 0.2) is 0 Å². The maximum atomic E-state index is 13.0. The molecule has 0 N–H and O–H groups in total. The van der Waals surface area contributed by atoms with Crippen molar-refractivity contribution in [1.82, 2.24) is 0 Å². The molecule has 0 aromatic heterocycles. The number of allylic oxidation sites excluding steroid dienone is 2.